The van der Waals surface area contributed by atoms with Crippen LogP contribution in [0.4, 0.5) is 0 Å². The van der Waals surface area contributed by atoms with Gasteiger partial charge in [0.25, 0.3) is 0 Å². The van der Waals surface area contributed by atoms with Crippen LogP contribution < -0.4 is 14.8 Å². The minimum Gasteiger partial charge on any atom is -0.492 e. The lowest BCUT2D eigenvalue weighted by molar-refractivity contribution is 0.129. The van der Waals surface area contributed by atoms with Crippen molar-refractivity contribution in [2.75, 3.05) is 33.5 Å². The highest BCUT2D eigenvalue weighted by Gasteiger charge is 2.10. The van der Waals surface area contributed by atoms with Crippen molar-refractivity contribution in [3.63, 3.8) is 0 Å². The van der Waals surface area contributed by atoms with E-state index in [9.17, 15) is 0 Å². The summed E-state index contributed by atoms with van der Waals surface area (Å²) >= 11 is 3.53. The van der Waals surface area contributed by atoms with Crippen LogP contribution in [-0.2, 0) is 11.3 Å². The highest BCUT2D eigenvalue weighted by Crippen LogP contribution is 2.36. The summed E-state index contributed by atoms with van der Waals surface area (Å²) in [6, 6.07) is 4.09. The number of halogens is 2. The molecule has 0 unspecified atom stereocenters. The van der Waals surface area contributed by atoms with Crippen LogP contribution in [0, 0.1) is 0 Å². The second-order valence-electron chi connectivity index (χ2n) is 5.04. The van der Waals surface area contributed by atoms with E-state index in [0.29, 0.717) is 6.61 Å². The van der Waals surface area contributed by atoms with E-state index in [0.717, 1.165) is 55.1 Å². The molecule has 0 spiro atoms. The SMILES string of the molecule is CCCCOCCCNCc1cc(Br)c(OC)c(OCC)c1.Cl. The van der Waals surface area contributed by atoms with E-state index in [1.807, 2.05) is 13.0 Å². The third-order valence-electron chi connectivity index (χ3n) is 3.19. The quantitative estimate of drug-likeness (QED) is 0.512. The van der Waals surface area contributed by atoms with E-state index in [2.05, 4.69) is 34.2 Å². The number of methoxy groups -OCH3 is 1. The molecule has 4 nitrogen and oxygen atoms in total. The molecule has 0 atom stereocenters. The van der Waals surface area contributed by atoms with Gasteiger partial charge in [-0.2, -0.15) is 0 Å². The van der Waals surface area contributed by atoms with Gasteiger partial charge in [-0.3, -0.25) is 0 Å². The summed E-state index contributed by atoms with van der Waals surface area (Å²) in [5.74, 6) is 1.52. The molecule has 0 fully saturated rings. The van der Waals surface area contributed by atoms with Crippen LogP contribution in [0.1, 0.15) is 38.7 Å². The molecule has 0 saturated carbocycles. The van der Waals surface area contributed by atoms with E-state index in [1.165, 1.54) is 12.0 Å². The molecule has 0 heterocycles. The maximum absolute atomic E-state index is 5.63. The molecule has 0 bridgehead atoms. The Labute approximate surface area is 154 Å². The Kier molecular flexibility index (Phi) is 13.6. The van der Waals surface area contributed by atoms with Gasteiger partial charge in [0.1, 0.15) is 0 Å². The average molecular weight is 411 g/mol. The molecular weight excluding hydrogens is 382 g/mol. The van der Waals surface area contributed by atoms with Crippen molar-refractivity contribution in [2.45, 2.75) is 39.7 Å². The van der Waals surface area contributed by atoms with E-state index in [4.69, 9.17) is 14.2 Å². The minimum atomic E-state index is 0. The molecule has 23 heavy (non-hydrogen) atoms. The molecule has 1 aromatic rings. The zero-order chi connectivity index (χ0) is 16.2. The van der Waals surface area contributed by atoms with E-state index in [1.54, 1.807) is 7.11 Å². The molecule has 0 aromatic heterocycles. The fourth-order valence-electron chi connectivity index (χ4n) is 2.06. The van der Waals surface area contributed by atoms with Crippen LogP contribution in [0.5, 0.6) is 11.5 Å². The summed E-state index contributed by atoms with van der Waals surface area (Å²) in [7, 11) is 1.65. The maximum Gasteiger partial charge on any atom is 0.174 e. The Bertz CT molecular complexity index is 433. The normalized spacial score (nSPS) is 10.3. The number of nitrogens with one attached hydrogen (secondary N) is 1. The molecule has 0 saturated heterocycles. The van der Waals surface area contributed by atoms with Gasteiger partial charge in [-0.25, -0.2) is 0 Å². The first-order valence-electron chi connectivity index (χ1n) is 8.00. The van der Waals surface area contributed by atoms with Crippen LogP contribution in [0.15, 0.2) is 16.6 Å². The largest absolute Gasteiger partial charge is 0.492 e. The Morgan fingerprint density at radius 3 is 2.52 bits per heavy atom. The third kappa shape index (κ3) is 8.80. The summed E-state index contributed by atoms with van der Waals surface area (Å²) in [4.78, 5) is 0. The van der Waals surface area contributed by atoms with Crippen molar-refractivity contribution < 1.29 is 14.2 Å². The Hall–Kier alpha value is -0.490. The monoisotopic (exact) mass is 409 g/mol. The van der Waals surface area contributed by atoms with Crippen LogP contribution in [0.2, 0.25) is 0 Å². The molecule has 1 N–H and O–H groups in total. The van der Waals surface area contributed by atoms with Crippen LogP contribution in [0.25, 0.3) is 0 Å². The zero-order valence-corrected chi connectivity index (χ0v) is 16.7. The van der Waals surface area contributed by atoms with E-state index in [-0.39, 0.29) is 12.4 Å². The first-order chi connectivity index (χ1) is 10.7. The minimum absolute atomic E-state index is 0. The molecule has 1 rings (SSSR count). The molecule has 6 heteroatoms. The standard InChI is InChI=1S/C17H28BrNO3.ClH/c1-4-6-9-21-10-7-8-19-13-14-11-15(18)17(20-3)16(12-14)22-5-2;/h11-12,19H,4-10,13H2,1-3H3;1H. The summed E-state index contributed by atoms with van der Waals surface area (Å²) < 4.78 is 17.5. The van der Waals surface area contributed by atoms with Crippen molar-refractivity contribution in [3.05, 3.63) is 22.2 Å². The predicted molar refractivity (Wildman–Crippen MR) is 101 cm³/mol. The number of hydrogen-bond donors (Lipinski definition) is 1. The summed E-state index contributed by atoms with van der Waals surface area (Å²) in [6.45, 7) is 8.21. The number of hydrogen-bond acceptors (Lipinski definition) is 4. The molecule has 134 valence electrons. The second kappa shape index (κ2) is 13.9. The van der Waals surface area contributed by atoms with Crippen molar-refractivity contribution in [2.24, 2.45) is 0 Å². The van der Waals surface area contributed by atoms with Gasteiger partial charge in [0, 0.05) is 19.8 Å². The average Bonchev–Trinajstić information content (AvgIpc) is 2.50. The van der Waals surface area contributed by atoms with Crippen LogP contribution in [-0.4, -0.2) is 33.5 Å². The number of benzene rings is 1. The summed E-state index contributed by atoms with van der Waals surface area (Å²) in [5, 5.41) is 3.43. The molecular formula is C17H29BrClNO3. The van der Waals surface area contributed by atoms with Gasteiger partial charge >= 0.3 is 0 Å². The molecule has 0 radical (unpaired) electrons. The highest BCUT2D eigenvalue weighted by molar-refractivity contribution is 9.10. The van der Waals surface area contributed by atoms with Gasteiger partial charge in [-0.15, -0.1) is 12.4 Å². The van der Waals surface area contributed by atoms with Crippen molar-refractivity contribution in [1.82, 2.24) is 5.32 Å². The molecule has 1 aromatic carbocycles. The van der Waals surface area contributed by atoms with Crippen LogP contribution >= 0.6 is 28.3 Å². The van der Waals surface area contributed by atoms with Crippen LogP contribution in [0.3, 0.4) is 0 Å². The van der Waals surface area contributed by atoms with Crippen molar-refractivity contribution >= 4 is 28.3 Å². The van der Waals surface area contributed by atoms with Gasteiger partial charge in [-0.05, 0) is 59.9 Å². The fourth-order valence-corrected chi connectivity index (χ4v) is 2.72. The summed E-state index contributed by atoms with van der Waals surface area (Å²) in [6.07, 6.45) is 3.36. The van der Waals surface area contributed by atoms with Gasteiger partial charge in [-0.1, -0.05) is 13.3 Å². The molecule has 0 aliphatic heterocycles. The van der Waals surface area contributed by atoms with Gasteiger partial charge in [0.15, 0.2) is 11.5 Å². The number of rotatable bonds is 12. The Balaban J connectivity index is 0.00000484. The first kappa shape index (κ1) is 22.5. The molecule has 0 amide bonds. The summed E-state index contributed by atoms with van der Waals surface area (Å²) in [5.41, 5.74) is 1.17. The number of ether oxygens (including phenoxy) is 3. The van der Waals surface area contributed by atoms with Crippen molar-refractivity contribution in [3.8, 4) is 11.5 Å². The highest BCUT2D eigenvalue weighted by atomic mass is 79.9. The molecule has 0 aliphatic carbocycles. The lowest BCUT2D eigenvalue weighted by Crippen LogP contribution is -2.16. The second-order valence-corrected chi connectivity index (χ2v) is 5.89. The van der Waals surface area contributed by atoms with Gasteiger partial charge < -0.3 is 19.5 Å². The predicted octanol–water partition coefficient (Wildman–Crippen LogP) is 4.57. The van der Waals surface area contributed by atoms with E-state index >= 15 is 0 Å². The van der Waals surface area contributed by atoms with Gasteiger partial charge in [0.05, 0.1) is 18.2 Å². The third-order valence-corrected chi connectivity index (χ3v) is 3.78. The smallest absolute Gasteiger partial charge is 0.174 e. The fraction of sp³-hybridized carbons (Fsp3) is 0.647. The van der Waals surface area contributed by atoms with E-state index < -0.39 is 0 Å². The Morgan fingerprint density at radius 2 is 1.87 bits per heavy atom. The Morgan fingerprint density at radius 1 is 1.13 bits per heavy atom. The van der Waals surface area contributed by atoms with Crippen molar-refractivity contribution in [1.29, 1.82) is 0 Å². The topological polar surface area (TPSA) is 39.7 Å². The lowest BCUT2D eigenvalue weighted by atomic mass is 10.2. The maximum atomic E-state index is 5.63. The first-order valence-corrected chi connectivity index (χ1v) is 8.79. The zero-order valence-electron chi connectivity index (χ0n) is 14.3. The number of unbranched alkanes of at least 4 members (excludes halogenated alkanes) is 1. The lowest BCUT2D eigenvalue weighted by Gasteiger charge is -2.13. The molecule has 0 aliphatic rings. The van der Waals surface area contributed by atoms with Gasteiger partial charge in [0.2, 0.25) is 0 Å².